The van der Waals surface area contributed by atoms with Gasteiger partial charge in [-0.05, 0) is 30.2 Å². The predicted octanol–water partition coefficient (Wildman–Crippen LogP) is 2.97. The van der Waals surface area contributed by atoms with Crippen LogP contribution < -0.4 is 5.32 Å². The van der Waals surface area contributed by atoms with Crippen LogP contribution in [0.4, 0.5) is 5.69 Å². The lowest BCUT2D eigenvalue weighted by molar-refractivity contribution is -0.119. The van der Waals surface area contributed by atoms with Crippen molar-refractivity contribution < 1.29 is 4.79 Å². The molecule has 4 heteroatoms. The SMILES string of the molecule is CC(C)C(C#N)C(=O)Nc1cccc2ncccc12. The number of pyridine rings is 1. The molecule has 0 fully saturated rings. The molecule has 2 aromatic rings. The van der Waals surface area contributed by atoms with Gasteiger partial charge in [-0.2, -0.15) is 5.26 Å². The standard InChI is InChI=1S/C15H15N3O/c1-10(2)12(9-16)15(19)18-14-7-3-6-13-11(14)5-4-8-17-13/h3-8,10,12H,1-2H3,(H,18,19). The smallest absolute Gasteiger partial charge is 0.242 e. The van der Waals surface area contributed by atoms with Crippen LogP contribution in [0.2, 0.25) is 0 Å². The molecule has 0 saturated carbocycles. The maximum absolute atomic E-state index is 12.1. The van der Waals surface area contributed by atoms with Crippen molar-refractivity contribution >= 4 is 22.5 Å². The minimum absolute atomic E-state index is 0.0156. The number of nitriles is 1. The van der Waals surface area contributed by atoms with Gasteiger partial charge in [0.15, 0.2) is 0 Å². The summed E-state index contributed by atoms with van der Waals surface area (Å²) in [7, 11) is 0. The number of aromatic nitrogens is 1. The van der Waals surface area contributed by atoms with E-state index in [0.29, 0.717) is 5.69 Å². The highest BCUT2D eigenvalue weighted by atomic mass is 16.1. The van der Waals surface area contributed by atoms with E-state index < -0.39 is 5.92 Å². The second-order valence-electron chi connectivity index (χ2n) is 4.72. The molecule has 0 aliphatic carbocycles. The zero-order valence-electron chi connectivity index (χ0n) is 10.9. The van der Waals surface area contributed by atoms with Crippen LogP contribution in [0.3, 0.4) is 0 Å². The molecule has 1 amide bonds. The number of nitrogens with zero attached hydrogens (tertiary/aromatic N) is 2. The van der Waals surface area contributed by atoms with Crippen LogP contribution in [0, 0.1) is 23.2 Å². The number of fused-ring (bicyclic) bond motifs is 1. The number of amides is 1. The van der Waals surface area contributed by atoms with Crippen LogP contribution in [-0.4, -0.2) is 10.9 Å². The van der Waals surface area contributed by atoms with Gasteiger partial charge in [0.1, 0.15) is 5.92 Å². The quantitative estimate of drug-likeness (QED) is 0.914. The van der Waals surface area contributed by atoms with Gasteiger partial charge >= 0.3 is 0 Å². The molecule has 1 aromatic heterocycles. The first-order chi connectivity index (χ1) is 9.13. The molecule has 0 aliphatic heterocycles. The number of anilines is 1. The van der Waals surface area contributed by atoms with Crippen LogP contribution >= 0.6 is 0 Å². The highest BCUT2D eigenvalue weighted by Crippen LogP contribution is 2.22. The molecule has 1 aromatic carbocycles. The summed E-state index contributed by atoms with van der Waals surface area (Å²) in [5.74, 6) is -0.932. The van der Waals surface area contributed by atoms with Gasteiger partial charge in [0, 0.05) is 11.6 Å². The number of carbonyl (C=O) groups is 1. The minimum atomic E-state index is -0.646. The van der Waals surface area contributed by atoms with Gasteiger partial charge in [0.25, 0.3) is 0 Å². The summed E-state index contributed by atoms with van der Waals surface area (Å²) in [5, 5.41) is 12.7. The largest absolute Gasteiger partial charge is 0.324 e. The summed E-state index contributed by atoms with van der Waals surface area (Å²) in [6.07, 6.45) is 1.71. The third-order valence-electron chi connectivity index (χ3n) is 2.99. The highest BCUT2D eigenvalue weighted by Gasteiger charge is 2.22. The Labute approximate surface area is 112 Å². The maximum Gasteiger partial charge on any atom is 0.242 e. The lowest BCUT2D eigenvalue weighted by atomic mass is 9.96. The van der Waals surface area contributed by atoms with E-state index in [1.807, 2.05) is 50.2 Å². The number of carbonyl (C=O) groups excluding carboxylic acids is 1. The highest BCUT2D eigenvalue weighted by molar-refractivity contribution is 6.02. The van der Waals surface area contributed by atoms with E-state index in [4.69, 9.17) is 5.26 Å². The van der Waals surface area contributed by atoms with Crippen LogP contribution in [0.5, 0.6) is 0 Å². The lowest BCUT2D eigenvalue weighted by Gasteiger charge is -2.14. The zero-order chi connectivity index (χ0) is 13.8. The molecular formula is C15H15N3O. The van der Waals surface area contributed by atoms with E-state index in [9.17, 15) is 4.79 Å². The fourth-order valence-electron chi connectivity index (χ4n) is 1.93. The van der Waals surface area contributed by atoms with E-state index in [0.717, 1.165) is 10.9 Å². The van der Waals surface area contributed by atoms with Crippen molar-refractivity contribution in [3.63, 3.8) is 0 Å². The van der Waals surface area contributed by atoms with E-state index in [-0.39, 0.29) is 11.8 Å². The van der Waals surface area contributed by atoms with Crippen molar-refractivity contribution in [1.82, 2.24) is 4.98 Å². The Kier molecular flexibility index (Phi) is 3.76. The number of hydrogen-bond acceptors (Lipinski definition) is 3. The average Bonchev–Trinajstić information content (AvgIpc) is 2.39. The normalized spacial score (nSPS) is 12.1. The van der Waals surface area contributed by atoms with Gasteiger partial charge in [0.05, 0.1) is 17.3 Å². The number of hydrogen-bond donors (Lipinski definition) is 1. The molecule has 1 atom stereocenters. The molecule has 1 N–H and O–H groups in total. The molecule has 4 nitrogen and oxygen atoms in total. The summed E-state index contributed by atoms with van der Waals surface area (Å²) >= 11 is 0. The first-order valence-electron chi connectivity index (χ1n) is 6.17. The Hall–Kier alpha value is -2.41. The maximum atomic E-state index is 12.1. The van der Waals surface area contributed by atoms with Crippen molar-refractivity contribution in [3.8, 4) is 6.07 Å². The Morgan fingerprint density at radius 2 is 2.11 bits per heavy atom. The molecule has 0 aliphatic rings. The van der Waals surface area contributed by atoms with Gasteiger partial charge in [-0.3, -0.25) is 9.78 Å². The predicted molar refractivity (Wildman–Crippen MR) is 74.3 cm³/mol. The third-order valence-corrected chi connectivity index (χ3v) is 2.99. The first-order valence-corrected chi connectivity index (χ1v) is 6.17. The summed E-state index contributed by atoms with van der Waals surface area (Å²) in [6.45, 7) is 3.72. The molecule has 0 radical (unpaired) electrons. The molecule has 0 spiro atoms. The van der Waals surface area contributed by atoms with Gasteiger partial charge < -0.3 is 5.32 Å². The first kappa shape index (κ1) is 13.0. The average molecular weight is 253 g/mol. The molecule has 1 unspecified atom stereocenters. The second-order valence-corrected chi connectivity index (χ2v) is 4.72. The van der Waals surface area contributed by atoms with Crippen LogP contribution in [0.1, 0.15) is 13.8 Å². The van der Waals surface area contributed by atoms with Crippen molar-refractivity contribution in [3.05, 3.63) is 36.5 Å². The lowest BCUT2D eigenvalue weighted by Crippen LogP contribution is -2.25. The fourth-order valence-corrected chi connectivity index (χ4v) is 1.93. The van der Waals surface area contributed by atoms with Gasteiger partial charge in [-0.15, -0.1) is 0 Å². The zero-order valence-corrected chi connectivity index (χ0v) is 10.9. The number of rotatable bonds is 3. The van der Waals surface area contributed by atoms with Gasteiger partial charge in [0.2, 0.25) is 5.91 Å². The van der Waals surface area contributed by atoms with Gasteiger partial charge in [-0.25, -0.2) is 0 Å². The molecule has 0 bridgehead atoms. The van der Waals surface area contributed by atoms with E-state index in [1.54, 1.807) is 6.20 Å². The summed E-state index contributed by atoms with van der Waals surface area (Å²) < 4.78 is 0. The van der Waals surface area contributed by atoms with Crippen LogP contribution in [0.25, 0.3) is 10.9 Å². The molecule has 96 valence electrons. The molecule has 1 heterocycles. The monoisotopic (exact) mass is 253 g/mol. The van der Waals surface area contributed by atoms with Crippen molar-refractivity contribution in [2.24, 2.45) is 11.8 Å². The van der Waals surface area contributed by atoms with E-state index >= 15 is 0 Å². The Balaban J connectivity index is 2.32. The van der Waals surface area contributed by atoms with Crippen LogP contribution in [-0.2, 0) is 4.79 Å². The Morgan fingerprint density at radius 1 is 1.32 bits per heavy atom. The minimum Gasteiger partial charge on any atom is -0.324 e. The molecule has 19 heavy (non-hydrogen) atoms. The van der Waals surface area contributed by atoms with Crippen molar-refractivity contribution in [1.29, 1.82) is 5.26 Å². The molecule has 0 saturated heterocycles. The number of nitrogens with one attached hydrogen (secondary N) is 1. The summed E-state index contributed by atoms with van der Waals surface area (Å²) in [5.41, 5.74) is 1.51. The fraction of sp³-hybridized carbons (Fsp3) is 0.267. The molecular weight excluding hydrogens is 238 g/mol. The van der Waals surface area contributed by atoms with E-state index in [1.165, 1.54) is 0 Å². The van der Waals surface area contributed by atoms with Crippen molar-refractivity contribution in [2.45, 2.75) is 13.8 Å². The van der Waals surface area contributed by atoms with E-state index in [2.05, 4.69) is 10.3 Å². The second kappa shape index (κ2) is 5.49. The topological polar surface area (TPSA) is 65.8 Å². The Morgan fingerprint density at radius 3 is 2.79 bits per heavy atom. The summed E-state index contributed by atoms with van der Waals surface area (Å²) in [4.78, 5) is 16.3. The summed E-state index contributed by atoms with van der Waals surface area (Å²) in [6, 6.07) is 11.3. The van der Waals surface area contributed by atoms with Gasteiger partial charge in [-0.1, -0.05) is 19.9 Å². The van der Waals surface area contributed by atoms with Crippen LogP contribution in [0.15, 0.2) is 36.5 Å². The third kappa shape index (κ3) is 2.71. The molecule has 2 rings (SSSR count). The van der Waals surface area contributed by atoms with Crippen molar-refractivity contribution in [2.75, 3.05) is 5.32 Å². The Bertz CT molecular complexity index is 638. The number of benzene rings is 1.